The quantitative estimate of drug-likeness (QED) is 0.569. The summed E-state index contributed by atoms with van der Waals surface area (Å²) in [4.78, 5) is 25.5. The van der Waals surface area contributed by atoms with Gasteiger partial charge in [0.1, 0.15) is 18.1 Å². The largest absolute Gasteiger partial charge is 0.480 e. The van der Waals surface area contributed by atoms with Crippen molar-refractivity contribution in [3.05, 3.63) is 52.8 Å². The molecule has 162 valence electrons. The number of aliphatic carboxylic acids is 1. The van der Waals surface area contributed by atoms with E-state index in [0.717, 1.165) is 12.8 Å². The van der Waals surface area contributed by atoms with Crippen LogP contribution in [0.4, 0.5) is 9.18 Å². The van der Waals surface area contributed by atoms with Gasteiger partial charge in [0, 0.05) is 35.1 Å². The van der Waals surface area contributed by atoms with Gasteiger partial charge in [-0.25, -0.2) is 9.18 Å². The van der Waals surface area contributed by atoms with E-state index in [-0.39, 0.29) is 25.2 Å². The molecule has 9 heteroatoms. The van der Waals surface area contributed by atoms with E-state index in [1.165, 1.54) is 16.8 Å². The van der Waals surface area contributed by atoms with E-state index < -0.39 is 11.8 Å². The molecule has 3 aromatic rings. The molecule has 1 aromatic heterocycles. The maximum absolute atomic E-state index is 14.2. The van der Waals surface area contributed by atoms with E-state index in [0.29, 0.717) is 39.3 Å². The zero-order valence-corrected chi connectivity index (χ0v) is 17.7. The number of aromatic nitrogens is 2. The molecule has 4 rings (SSSR count). The van der Waals surface area contributed by atoms with Crippen LogP contribution < -0.4 is 5.32 Å². The van der Waals surface area contributed by atoms with Crippen molar-refractivity contribution >= 4 is 34.5 Å². The van der Waals surface area contributed by atoms with Gasteiger partial charge in [-0.05, 0) is 61.7 Å². The normalized spacial score (nSPS) is 13.4. The number of carbonyl (C=O) groups is 2. The molecule has 1 heterocycles. The first-order chi connectivity index (χ1) is 14.9. The summed E-state index contributed by atoms with van der Waals surface area (Å²) in [5.41, 5.74) is 2.30. The van der Waals surface area contributed by atoms with E-state index in [9.17, 15) is 19.1 Å². The molecule has 0 bridgehead atoms. The predicted molar refractivity (Wildman–Crippen MR) is 115 cm³/mol. The Balaban J connectivity index is 1.78. The second kappa shape index (κ2) is 8.55. The minimum Gasteiger partial charge on any atom is -0.480 e. The van der Waals surface area contributed by atoms with Crippen LogP contribution in [0.5, 0.6) is 0 Å². The number of rotatable bonds is 7. The van der Waals surface area contributed by atoms with Crippen LogP contribution in [0.15, 0.2) is 36.4 Å². The molecular formula is C22H22ClFN4O3. The van der Waals surface area contributed by atoms with Crippen molar-refractivity contribution < 1.29 is 19.1 Å². The highest BCUT2D eigenvalue weighted by Crippen LogP contribution is 2.33. The van der Waals surface area contributed by atoms with Crippen LogP contribution >= 0.6 is 11.6 Å². The van der Waals surface area contributed by atoms with E-state index in [2.05, 4.69) is 10.4 Å². The fourth-order valence-electron chi connectivity index (χ4n) is 3.55. The van der Waals surface area contributed by atoms with E-state index in [4.69, 9.17) is 11.6 Å². The lowest BCUT2D eigenvalue weighted by molar-refractivity contribution is -0.137. The van der Waals surface area contributed by atoms with Crippen molar-refractivity contribution in [2.24, 2.45) is 0 Å². The minimum atomic E-state index is -1.03. The molecule has 1 aliphatic rings. The molecule has 1 saturated carbocycles. The Morgan fingerprint density at radius 3 is 2.74 bits per heavy atom. The third-order valence-corrected chi connectivity index (χ3v) is 5.49. The fraction of sp³-hybridized carbons (Fsp3) is 0.318. The zero-order chi connectivity index (χ0) is 22.1. The summed E-state index contributed by atoms with van der Waals surface area (Å²) in [5, 5.41) is 17.8. The minimum absolute atomic E-state index is 0.190. The number of urea groups is 1. The van der Waals surface area contributed by atoms with Gasteiger partial charge in [0.15, 0.2) is 0 Å². The molecular weight excluding hydrogens is 423 g/mol. The number of halogens is 2. The smallest absolute Gasteiger partial charge is 0.325 e. The Kier molecular flexibility index (Phi) is 5.82. The molecule has 0 radical (unpaired) electrons. The molecule has 0 spiro atoms. The predicted octanol–water partition coefficient (Wildman–Crippen LogP) is 4.27. The summed E-state index contributed by atoms with van der Waals surface area (Å²) in [6.07, 6.45) is 1.95. The van der Waals surface area contributed by atoms with Crippen LogP contribution in [0.2, 0.25) is 5.02 Å². The summed E-state index contributed by atoms with van der Waals surface area (Å²) in [5.74, 6) is -1.45. The molecule has 1 fully saturated rings. The topological polar surface area (TPSA) is 87.5 Å². The van der Waals surface area contributed by atoms with Gasteiger partial charge in [-0.15, -0.1) is 0 Å². The van der Waals surface area contributed by atoms with Gasteiger partial charge >= 0.3 is 12.0 Å². The number of nitrogens with one attached hydrogen (secondary N) is 1. The first-order valence-corrected chi connectivity index (χ1v) is 10.5. The number of fused-ring (bicyclic) bond motifs is 1. The van der Waals surface area contributed by atoms with Crippen LogP contribution in [0.1, 0.15) is 25.3 Å². The lowest BCUT2D eigenvalue weighted by Gasteiger charge is -2.22. The highest BCUT2D eigenvalue weighted by Gasteiger charge is 2.26. The number of carboxylic acid groups (broad SMARTS) is 1. The van der Waals surface area contributed by atoms with Crippen molar-refractivity contribution in [2.45, 2.75) is 38.9 Å². The Bertz CT molecular complexity index is 1160. The standard InChI is InChI=1S/C22H22ClFN4O3/c1-2-27(22(31)25-16-5-6-16)11-13-9-15(24)4-7-17(13)21-18-10-14(23)3-8-19(18)28(26-21)12-20(29)30/h3-4,7-10,16H,2,5-6,11-12H2,1H3,(H,25,31)(H,29,30). The van der Waals surface area contributed by atoms with Crippen LogP contribution in [0.25, 0.3) is 22.2 Å². The third kappa shape index (κ3) is 4.64. The maximum atomic E-state index is 14.2. The monoisotopic (exact) mass is 444 g/mol. The number of hydrogen-bond donors (Lipinski definition) is 2. The SMILES string of the molecule is CCN(Cc1cc(F)ccc1-c1nn(CC(=O)O)c2ccc(Cl)cc12)C(=O)NC1CC1. The molecule has 7 nitrogen and oxygen atoms in total. The van der Waals surface area contributed by atoms with Crippen LogP contribution in [0.3, 0.4) is 0 Å². The van der Waals surface area contributed by atoms with Crippen LogP contribution in [-0.2, 0) is 17.9 Å². The van der Waals surface area contributed by atoms with Gasteiger partial charge in [0.25, 0.3) is 0 Å². The number of carbonyl (C=O) groups excluding carboxylic acids is 1. The van der Waals surface area contributed by atoms with E-state index in [1.54, 1.807) is 29.2 Å². The van der Waals surface area contributed by atoms with Crippen LogP contribution in [-0.4, -0.2) is 44.4 Å². The Morgan fingerprint density at radius 2 is 2.06 bits per heavy atom. The maximum Gasteiger partial charge on any atom is 0.325 e. The second-order valence-corrected chi connectivity index (χ2v) is 8.04. The van der Waals surface area contributed by atoms with Crippen molar-refractivity contribution in [3.63, 3.8) is 0 Å². The number of nitrogens with zero attached hydrogens (tertiary/aromatic N) is 3. The molecule has 0 aliphatic heterocycles. The Hall–Kier alpha value is -3.13. The lowest BCUT2D eigenvalue weighted by atomic mass is 10.0. The van der Waals surface area contributed by atoms with E-state index >= 15 is 0 Å². The summed E-state index contributed by atoms with van der Waals surface area (Å²) < 4.78 is 15.5. The molecule has 0 unspecified atom stereocenters. The van der Waals surface area contributed by atoms with Crippen molar-refractivity contribution in [2.75, 3.05) is 6.54 Å². The molecule has 2 aromatic carbocycles. The average molecular weight is 445 g/mol. The average Bonchev–Trinajstić information content (AvgIpc) is 3.47. The number of benzene rings is 2. The van der Waals surface area contributed by atoms with Gasteiger partial charge < -0.3 is 15.3 Å². The molecule has 31 heavy (non-hydrogen) atoms. The number of carboxylic acids is 1. The number of hydrogen-bond acceptors (Lipinski definition) is 3. The molecule has 2 amide bonds. The van der Waals surface area contributed by atoms with Crippen molar-refractivity contribution in [1.82, 2.24) is 20.0 Å². The highest BCUT2D eigenvalue weighted by molar-refractivity contribution is 6.31. The second-order valence-electron chi connectivity index (χ2n) is 7.60. The van der Waals surface area contributed by atoms with Crippen LogP contribution in [0, 0.1) is 5.82 Å². The molecule has 0 saturated heterocycles. The summed E-state index contributed by atoms with van der Waals surface area (Å²) in [7, 11) is 0. The summed E-state index contributed by atoms with van der Waals surface area (Å²) in [6.45, 7) is 2.19. The fourth-order valence-corrected chi connectivity index (χ4v) is 3.72. The molecule has 2 N–H and O–H groups in total. The zero-order valence-electron chi connectivity index (χ0n) is 16.9. The summed E-state index contributed by atoms with van der Waals surface area (Å²) >= 11 is 6.19. The Labute approximate surface area is 183 Å². The number of amides is 2. The van der Waals surface area contributed by atoms with Gasteiger partial charge in [0.05, 0.1) is 5.52 Å². The summed E-state index contributed by atoms with van der Waals surface area (Å²) in [6, 6.07) is 9.42. The lowest BCUT2D eigenvalue weighted by Crippen LogP contribution is -2.40. The van der Waals surface area contributed by atoms with Crippen molar-refractivity contribution in [3.8, 4) is 11.3 Å². The third-order valence-electron chi connectivity index (χ3n) is 5.26. The Morgan fingerprint density at radius 1 is 1.29 bits per heavy atom. The van der Waals surface area contributed by atoms with Gasteiger partial charge in [-0.3, -0.25) is 9.48 Å². The molecule has 1 aliphatic carbocycles. The first kappa shape index (κ1) is 21.1. The molecule has 0 atom stereocenters. The van der Waals surface area contributed by atoms with E-state index in [1.807, 2.05) is 6.92 Å². The van der Waals surface area contributed by atoms with Gasteiger partial charge in [-0.2, -0.15) is 5.10 Å². The van der Waals surface area contributed by atoms with Gasteiger partial charge in [-0.1, -0.05) is 11.6 Å². The van der Waals surface area contributed by atoms with Crippen molar-refractivity contribution in [1.29, 1.82) is 0 Å². The first-order valence-electron chi connectivity index (χ1n) is 10.1. The van der Waals surface area contributed by atoms with Gasteiger partial charge in [0.2, 0.25) is 0 Å². The highest BCUT2D eigenvalue weighted by atomic mass is 35.5.